The predicted molar refractivity (Wildman–Crippen MR) is 126 cm³/mol. The van der Waals surface area contributed by atoms with E-state index in [9.17, 15) is 9.59 Å². The van der Waals surface area contributed by atoms with Crippen LogP contribution in [0.15, 0.2) is 53.4 Å². The van der Waals surface area contributed by atoms with E-state index in [0.29, 0.717) is 23.8 Å². The van der Waals surface area contributed by atoms with Gasteiger partial charge in [0, 0.05) is 17.5 Å². The lowest BCUT2D eigenvalue weighted by Crippen LogP contribution is -2.40. The van der Waals surface area contributed by atoms with Gasteiger partial charge in [0.25, 0.3) is 5.91 Å². The average molecular weight is 437 g/mol. The molecule has 2 aromatic rings. The van der Waals surface area contributed by atoms with Gasteiger partial charge < -0.3 is 10.6 Å². The van der Waals surface area contributed by atoms with Crippen LogP contribution in [-0.4, -0.2) is 23.6 Å². The maximum absolute atomic E-state index is 12.8. The molecule has 0 aliphatic heterocycles. The number of hydrogen-bond acceptors (Lipinski definition) is 3. The maximum atomic E-state index is 12.8. The smallest absolute Gasteiger partial charge is 0.252 e. The normalized spacial score (nSPS) is 22.8. The Bertz CT molecular complexity index is 927. The summed E-state index contributed by atoms with van der Waals surface area (Å²) in [6.45, 7) is 4.69. The Balaban J connectivity index is 1.29. The quantitative estimate of drug-likeness (QED) is 0.575. The molecule has 2 fully saturated rings. The van der Waals surface area contributed by atoms with Crippen LogP contribution in [0.2, 0.25) is 0 Å². The SMILES string of the molecule is Cc1ccc(CNC(=O)c2ccccc2SCC(=O)NC(C)C2CC3CCC2C3)cc1. The molecule has 0 aromatic heterocycles. The first-order valence-electron chi connectivity index (χ1n) is 11.3. The van der Waals surface area contributed by atoms with Crippen LogP contribution >= 0.6 is 11.8 Å². The van der Waals surface area contributed by atoms with E-state index in [1.165, 1.54) is 43.0 Å². The summed E-state index contributed by atoms with van der Waals surface area (Å²) in [5.41, 5.74) is 2.89. The Kier molecular flexibility index (Phi) is 7.01. The van der Waals surface area contributed by atoms with Gasteiger partial charge in [0.05, 0.1) is 11.3 Å². The molecule has 2 saturated carbocycles. The number of thioether (sulfide) groups is 1. The second kappa shape index (κ2) is 9.90. The Hall–Kier alpha value is -2.27. The number of carbonyl (C=O) groups is 2. The summed E-state index contributed by atoms with van der Waals surface area (Å²) in [7, 11) is 0. The second-order valence-corrected chi connectivity index (χ2v) is 10.2. The van der Waals surface area contributed by atoms with Crippen LogP contribution in [0.25, 0.3) is 0 Å². The topological polar surface area (TPSA) is 58.2 Å². The predicted octanol–water partition coefficient (Wildman–Crippen LogP) is 4.96. The lowest BCUT2D eigenvalue weighted by Gasteiger charge is -2.28. The second-order valence-electron chi connectivity index (χ2n) is 9.15. The van der Waals surface area contributed by atoms with Crippen molar-refractivity contribution in [3.63, 3.8) is 0 Å². The van der Waals surface area contributed by atoms with Crippen LogP contribution < -0.4 is 10.6 Å². The molecular formula is C26H32N2O2S. The average Bonchev–Trinajstić information content (AvgIpc) is 3.41. The minimum absolute atomic E-state index is 0.0511. The molecule has 2 aliphatic rings. The number of nitrogens with one attached hydrogen (secondary N) is 2. The fraction of sp³-hybridized carbons (Fsp3) is 0.462. The summed E-state index contributed by atoms with van der Waals surface area (Å²) in [5.74, 6) is 2.58. The van der Waals surface area contributed by atoms with Gasteiger partial charge >= 0.3 is 0 Å². The third-order valence-electron chi connectivity index (χ3n) is 6.89. The van der Waals surface area contributed by atoms with Gasteiger partial charge in [-0.2, -0.15) is 0 Å². The van der Waals surface area contributed by atoms with Crippen LogP contribution in [0.4, 0.5) is 0 Å². The lowest BCUT2D eigenvalue weighted by molar-refractivity contribution is -0.119. The van der Waals surface area contributed by atoms with E-state index in [2.05, 4.69) is 17.6 Å². The largest absolute Gasteiger partial charge is 0.353 e. The first-order chi connectivity index (χ1) is 15.0. The summed E-state index contributed by atoms with van der Waals surface area (Å²) < 4.78 is 0. The van der Waals surface area contributed by atoms with E-state index in [4.69, 9.17) is 0 Å². The highest BCUT2D eigenvalue weighted by Crippen LogP contribution is 2.49. The van der Waals surface area contributed by atoms with Crippen molar-refractivity contribution in [3.05, 3.63) is 65.2 Å². The number of benzene rings is 2. The molecule has 4 atom stereocenters. The molecule has 4 nitrogen and oxygen atoms in total. The van der Waals surface area contributed by atoms with Gasteiger partial charge in [0.2, 0.25) is 5.91 Å². The molecule has 0 radical (unpaired) electrons. The summed E-state index contributed by atoms with van der Waals surface area (Å²) in [4.78, 5) is 26.2. The standard InChI is InChI=1S/C26H32N2O2S/c1-17-7-9-19(10-8-17)15-27-26(30)22-5-3-4-6-24(22)31-16-25(29)28-18(2)23-14-20-11-12-21(23)13-20/h3-10,18,20-21,23H,11-16H2,1-2H3,(H,27,30)(H,28,29). The minimum atomic E-state index is -0.112. The van der Waals surface area contributed by atoms with Crippen molar-refractivity contribution in [2.45, 2.75) is 57.0 Å². The number of rotatable bonds is 8. The van der Waals surface area contributed by atoms with Crippen molar-refractivity contribution in [3.8, 4) is 0 Å². The Labute approximate surface area is 189 Å². The van der Waals surface area contributed by atoms with Crippen molar-refractivity contribution in [2.75, 3.05) is 5.75 Å². The zero-order valence-corrected chi connectivity index (χ0v) is 19.2. The molecule has 2 N–H and O–H groups in total. The number of fused-ring (bicyclic) bond motifs is 2. The van der Waals surface area contributed by atoms with Crippen LogP contribution in [0.1, 0.15) is 54.1 Å². The molecule has 5 heteroatoms. The third-order valence-corrected chi connectivity index (χ3v) is 7.96. The van der Waals surface area contributed by atoms with Gasteiger partial charge in [-0.05, 0) is 68.6 Å². The van der Waals surface area contributed by atoms with Gasteiger partial charge in [-0.15, -0.1) is 11.8 Å². The summed E-state index contributed by atoms with van der Waals surface area (Å²) in [6.07, 6.45) is 5.32. The number of hydrogen-bond donors (Lipinski definition) is 2. The van der Waals surface area contributed by atoms with E-state index in [-0.39, 0.29) is 17.9 Å². The van der Waals surface area contributed by atoms with Crippen molar-refractivity contribution in [1.82, 2.24) is 10.6 Å². The number of carbonyl (C=O) groups excluding carboxylic acids is 2. The lowest BCUT2D eigenvalue weighted by atomic mass is 9.84. The van der Waals surface area contributed by atoms with E-state index >= 15 is 0 Å². The van der Waals surface area contributed by atoms with Crippen LogP contribution in [0, 0.1) is 24.7 Å². The van der Waals surface area contributed by atoms with Crippen molar-refractivity contribution >= 4 is 23.6 Å². The number of aryl methyl sites for hydroxylation is 1. The van der Waals surface area contributed by atoms with Crippen molar-refractivity contribution < 1.29 is 9.59 Å². The minimum Gasteiger partial charge on any atom is -0.353 e. The summed E-state index contributed by atoms with van der Waals surface area (Å²) in [6, 6.07) is 15.9. The van der Waals surface area contributed by atoms with Crippen LogP contribution in [-0.2, 0) is 11.3 Å². The van der Waals surface area contributed by atoms with Gasteiger partial charge in [-0.1, -0.05) is 48.4 Å². The Morgan fingerprint density at radius 3 is 2.55 bits per heavy atom. The molecule has 2 bridgehead atoms. The highest BCUT2D eigenvalue weighted by Gasteiger charge is 2.42. The molecule has 31 heavy (non-hydrogen) atoms. The molecule has 2 amide bonds. The van der Waals surface area contributed by atoms with Crippen molar-refractivity contribution in [1.29, 1.82) is 0 Å². The summed E-state index contributed by atoms with van der Waals surface area (Å²) in [5, 5.41) is 6.21. The van der Waals surface area contributed by atoms with Crippen LogP contribution in [0.5, 0.6) is 0 Å². The first-order valence-corrected chi connectivity index (χ1v) is 12.3. The maximum Gasteiger partial charge on any atom is 0.252 e. The molecule has 4 rings (SSSR count). The highest BCUT2D eigenvalue weighted by molar-refractivity contribution is 8.00. The van der Waals surface area contributed by atoms with Gasteiger partial charge in [0.15, 0.2) is 0 Å². The molecule has 4 unspecified atom stereocenters. The monoisotopic (exact) mass is 436 g/mol. The van der Waals surface area contributed by atoms with E-state index in [0.717, 1.165) is 22.3 Å². The Morgan fingerprint density at radius 2 is 1.84 bits per heavy atom. The fourth-order valence-corrected chi connectivity index (χ4v) is 6.08. The molecule has 164 valence electrons. The van der Waals surface area contributed by atoms with Crippen LogP contribution in [0.3, 0.4) is 0 Å². The first kappa shape index (κ1) is 21.9. The zero-order valence-electron chi connectivity index (χ0n) is 18.4. The van der Waals surface area contributed by atoms with E-state index < -0.39 is 0 Å². The highest BCUT2D eigenvalue weighted by atomic mass is 32.2. The summed E-state index contributed by atoms with van der Waals surface area (Å²) >= 11 is 1.43. The van der Waals surface area contributed by atoms with Gasteiger partial charge in [0.1, 0.15) is 0 Å². The molecule has 0 spiro atoms. The third kappa shape index (κ3) is 5.51. The van der Waals surface area contributed by atoms with Gasteiger partial charge in [-0.3, -0.25) is 9.59 Å². The molecule has 2 aliphatic carbocycles. The van der Waals surface area contributed by atoms with E-state index in [1.807, 2.05) is 55.5 Å². The molecular weight excluding hydrogens is 404 g/mol. The van der Waals surface area contributed by atoms with Gasteiger partial charge in [-0.25, -0.2) is 0 Å². The number of amides is 2. The molecule has 0 heterocycles. The molecule has 0 saturated heterocycles. The zero-order chi connectivity index (χ0) is 21.8. The fourth-order valence-electron chi connectivity index (χ4n) is 5.22. The van der Waals surface area contributed by atoms with E-state index in [1.54, 1.807) is 0 Å². The van der Waals surface area contributed by atoms with Crippen molar-refractivity contribution in [2.24, 2.45) is 17.8 Å². The molecule has 2 aromatic carbocycles. The Morgan fingerprint density at radius 1 is 1.06 bits per heavy atom.